The molecule has 0 saturated heterocycles. The summed E-state index contributed by atoms with van der Waals surface area (Å²) >= 11 is 0. The summed E-state index contributed by atoms with van der Waals surface area (Å²) in [4.78, 5) is 18.8. The summed E-state index contributed by atoms with van der Waals surface area (Å²) in [6, 6.07) is 0. The number of rotatable bonds is 3. The van der Waals surface area contributed by atoms with Crippen LogP contribution in [0.5, 0.6) is 0 Å². The quantitative estimate of drug-likeness (QED) is 0.501. The van der Waals surface area contributed by atoms with E-state index in [1.54, 1.807) is 0 Å². The fraction of sp³-hybridized carbons (Fsp3) is 0.222. The van der Waals surface area contributed by atoms with E-state index >= 15 is 0 Å². The van der Waals surface area contributed by atoms with E-state index < -0.39 is 0 Å². The van der Waals surface area contributed by atoms with E-state index in [4.69, 9.17) is 0 Å². The van der Waals surface area contributed by atoms with Crippen LogP contribution in [-0.4, -0.2) is 15.8 Å². The van der Waals surface area contributed by atoms with Gasteiger partial charge in [0, 0.05) is 18.8 Å². The highest BCUT2D eigenvalue weighted by Gasteiger charge is 2.04. The van der Waals surface area contributed by atoms with Gasteiger partial charge >= 0.3 is 0 Å². The summed E-state index contributed by atoms with van der Waals surface area (Å²) in [6.07, 6.45) is 4.79. The van der Waals surface area contributed by atoms with Crippen LogP contribution in [0.15, 0.2) is 30.9 Å². The Morgan fingerprint density at radius 3 is 2.58 bits per heavy atom. The zero-order chi connectivity index (χ0) is 8.97. The molecule has 0 radical (unpaired) electrons. The number of allylic oxidation sites excluding steroid dienone is 1. The first-order valence-electron chi connectivity index (χ1n) is 3.62. The normalized spacial score (nSPS) is 9.42. The molecule has 0 saturated carbocycles. The molecule has 12 heavy (non-hydrogen) atoms. The number of aromatic nitrogens is 2. The van der Waals surface area contributed by atoms with Gasteiger partial charge in [-0.05, 0) is 6.92 Å². The lowest BCUT2D eigenvalue weighted by Gasteiger charge is -1.97. The number of nitrogens with zero attached hydrogens (tertiary/aromatic N) is 2. The van der Waals surface area contributed by atoms with Crippen LogP contribution in [0.4, 0.5) is 0 Å². The van der Waals surface area contributed by atoms with E-state index in [0.717, 1.165) is 5.57 Å². The maximum atomic E-state index is 11.3. The van der Waals surface area contributed by atoms with Crippen molar-refractivity contribution in [3.05, 3.63) is 36.4 Å². The average Bonchev–Trinajstić information content (AvgIpc) is 2.05. The monoisotopic (exact) mass is 162 g/mol. The van der Waals surface area contributed by atoms with Gasteiger partial charge in [0.1, 0.15) is 6.33 Å². The summed E-state index contributed by atoms with van der Waals surface area (Å²) in [5, 5.41) is 0. The highest BCUT2D eigenvalue weighted by Crippen LogP contribution is 2.04. The van der Waals surface area contributed by atoms with Crippen molar-refractivity contribution in [1.29, 1.82) is 0 Å². The zero-order valence-electron chi connectivity index (χ0n) is 6.95. The van der Waals surface area contributed by atoms with E-state index in [0.29, 0.717) is 12.0 Å². The van der Waals surface area contributed by atoms with Crippen LogP contribution in [0.25, 0.3) is 0 Å². The summed E-state index contributed by atoms with van der Waals surface area (Å²) in [5.74, 6) is 0.0168. The molecule has 0 aliphatic heterocycles. The van der Waals surface area contributed by atoms with Gasteiger partial charge < -0.3 is 0 Å². The highest BCUT2D eigenvalue weighted by molar-refractivity contribution is 5.96. The molecule has 0 amide bonds. The zero-order valence-corrected chi connectivity index (χ0v) is 6.95. The number of ketones is 1. The lowest BCUT2D eigenvalue weighted by atomic mass is 10.1. The third-order valence-electron chi connectivity index (χ3n) is 1.34. The first kappa shape index (κ1) is 8.59. The molecule has 3 nitrogen and oxygen atoms in total. The van der Waals surface area contributed by atoms with E-state index in [-0.39, 0.29) is 5.78 Å². The number of carbonyl (C=O) groups excluding carboxylic acids is 1. The van der Waals surface area contributed by atoms with Crippen LogP contribution in [0.2, 0.25) is 0 Å². The van der Waals surface area contributed by atoms with Gasteiger partial charge in [0.25, 0.3) is 0 Å². The molecule has 0 bridgehead atoms. The Hall–Kier alpha value is -1.51. The van der Waals surface area contributed by atoms with Crippen LogP contribution in [0, 0.1) is 0 Å². The smallest absolute Gasteiger partial charge is 0.169 e. The van der Waals surface area contributed by atoms with Crippen molar-refractivity contribution in [2.45, 2.75) is 13.3 Å². The molecule has 3 heteroatoms. The molecule has 62 valence electrons. The average molecular weight is 162 g/mol. The molecular weight excluding hydrogens is 152 g/mol. The van der Waals surface area contributed by atoms with E-state index in [2.05, 4.69) is 16.5 Å². The number of Topliss-reactive ketones (excluding diaryl/α,β-unsaturated/α-hetero) is 1. The standard InChI is InChI=1S/C9H10N2O/c1-7(2)3-9(12)8-4-10-6-11-5-8/h4-6H,1,3H2,2H3. The summed E-state index contributed by atoms with van der Waals surface area (Å²) in [6.45, 7) is 5.48. The fourth-order valence-corrected chi connectivity index (χ4v) is 0.819. The molecule has 0 atom stereocenters. The molecule has 0 unspecified atom stereocenters. The van der Waals surface area contributed by atoms with Gasteiger partial charge in [-0.2, -0.15) is 0 Å². The Labute approximate surface area is 71.2 Å². The molecular formula is C9H10N2O. The summed E-state index contributed by atoms with van der Waals surface area (Å²) in [7, 11) is 0. The molecule has 0 aliphatic rings. The van der Waals surface area contributed by atoms with Gasteiger partial charge in [-0.25, -0.2) is 9.97 Å². The Morgan fingerprint density at radius 2 is 2.08 bits per heavy atom. The highest BCUT2D eigenvalue weighted by atomic mass is 16.1. The molecule has 0 N–H and O–H groups in total. The minimum atomic E-state index is 0.0168. The van der Waals surface area contributed by atoms with Crippen LogP contribution in [0.1, 0.15) is 23.7 Å². The molecule has 0 aromatic carbocycles. The predicted octanol–water partition coefficient (Wildman–Crippen LogP) is 1.63. The first-order chi connectivity index (χ1) is 5.70. The van der Waals surface area contributed by atoms with Crippen LogP contribution in [-0.2, 0) is 0 Å². The molecule has 1 rings (SSSR count). The molecule has 1 aromatic heterocycles. The van der Waals surface area contributed by atoms with Crippen LogP contribution in [0.3, 0.4) is 0 Å². The second-order valence-corrected chi connectivity index (χ2v) is 2.68. The Balaban J connectivity index is 2.73. The van der Waals surface area contributed by atoms with Crippen molar-refractivity contribution in [3.8, 4) is 0 Å². The Bertz CT molecular complexity index is 293. The molecule has 1 aromatic rings. The lowest BCUT2D eigenvalue weighted by Crippen LogP contribution is -2.00. The third-order valence-corrected chi connectivity index (χ3v) is 1.34. The van der Waals surface area contributed by atoms with Gasteiger partial charge in [0.2, 0.25) is 0 Å². The maximum Gasteiger partial charge on any atom is 0.169 e. The number of hydrogen-bond donors (Lipinski definition) is 0. The van der Waals surface area contributed by atoms with Gasteiger partial charge in [0.05, 0.1) is 5.56 Å². The van der Waals surface area contributed by atoms with Gasteiger partial charge in [-0.3, -0.25) is 4.79 Å². The number of carbonyl (C=O) groups is 1. The maximum absolute atomic E-state index is 11.3. The second kappa shape index (κ2) is 3.76. The Morgan fingerprint density at radius 1 is 1.50 bits per heavy atom. The van der Waals surface area contributed by atoms with Crippen molar-refractivity contribution in [2.24, 2.45) is 0 Å². The molecule has 0 spiro atoms. The molecule has 1 heterocycles. The van der Waals surface area contributed by atoms with Crippen molar-refractivity contribution in [2.75, 3.05) is 0 Å². The summed E-state index contributed by atoms with van der Waals surface area (Å²) < 4.78 is 0. The minimum absolute atomic E-state index is 0.0168. The van der Waals surface area contributed by atoms with Crippen molar-refractivity contribution in [1.82, 2.24) is 9.97 Å². The topological polar surface area (TPSA) is 42.9 Å². The van der Waals surface area contributed by atoms with Gasteiger partial charge in [-0.1, -0.05) is 12.2 Å². The third kappa shape index (κ3) is 2.27. The summed E-state index contributed by atoms with van der Waals surface area (Å²) in [5.41, 5.74) is 1.39. The van der Waals surface area contributed by atoms with Crippen LogP contribution >= 0.6 is 0 Å². The van der Waals surface area contributed by atoms with E-state index in [9.17, 15) is 4.79 Å². The molecule has 0 aliphatic carbocycles. The molecule has 0 fully saturated rings. The van der Waals surface area contributed by atoms with E-state index in [1.807, 2.05) is 6.92 Å². The second-order valence-electron chi connectivity index (χ2n) is 2.68. The van der Waals surface area contributed by atoms with Gasteiger partial charge in [-0.15, -0.1) is 0 Å². The number of hydrogen-bond acceptors (Lipinski definition) is 3. The Kier molecular flexibility index (Phi) is 2.69. The minimum Gasteiger partial charge on any atom is -0.294 e. The van der Waals surface area contributed by atoms with Crippen molar-refractivity contribution < 1.29 is 4.79 Å². The van der Waals surface area contributed by atoms with E-state index in [1.165, 1.54) is 18.7 Å². The SMILES string of the molecule is C=C(C)CC(=O)c1cncnc1. The van der Waals surface area contributed by atoms with Crippen molar-refractivity contribution >= 4 is 5.78 Å². The van der Waals surface area contributed by atoms with Crippen LogP contribution < -0.4 is 0 Å². The van der Waals surface area contributed by atoms with Crippen molar-refractivity contribution in [3.63, 3.8) is 0 Å². The largest absolute Gasteiger partial charge is 0.294 e. The van der Waals surface area contributed by atoms with Gasteiger partial charge in [0.15, 0.2) is 5.78 Å². The predicted molar refractivity (Wildman–Crippen MR) is 45.8 cm³/mol. The fourth-order valence-electron chi connectivity index (χ4n) is 0.819. The lowest BCUT2D eigenvalue weighted by molar-refractivity contribution is 0.0992. The first-order valence-corrected chi connectivity index (χ1v) is 3.62.